The highest BCUT2D eigenvalue weighted by molar-refractivity contribution is 4.87. The van der Waals surface area contributed by atoms with E-state index in [1.165, 1.54) is 19.3 Å². The number of aliphatic hydroxyl groups is 1. The summed E-state index contributed by atoms with van der Waals surface area (Å²) in [6.45, 7) is 1.16. The Morgan fingerprint density at radius 2 is 2.09 bits per heavy atom. The lowest BCUT2D eigenvalue weighted by molar-refractivity contribution is 0.0711. The standard InChI is InChI=1S/C9H17NO/c11-8-4-3-7-2-1-5-10-9(7)6-8/h7-11H,1-6H2/t7-,8-,9-/m0/s1. The van der Waals surface area contributed by atoms with E-state index < -0.39 is 0 Å². The molecule has 0 spiro atoms. The Morgan fingerprint density at radius 1 is 1.18 bits per heavy atom. The molecule has 2 rings (SSSR count). The number of nitrogens with one attached hydrogen (secondary N) is 1. The van der Waals surface area contributed by atoms with Gasteiger partial charge in [-0.1, -0.05) is 0 Å². The summed E-state index contributed by atoms with van der Waals surface area (Å²) in [5.41, 5.74) is 0. The third-order valence-corrected chi connectivity index (χ3v) is 3.12. The minimum Gasteiger partial charge on any atom is -0.393 e. The van der Waals surface area contributed by atoms with Crippen molar-refractivity contribution in [3.05, 3.63) is 0 Å². The molecule has 0 unspecified atom stereocenters. The van der Waals surface area contributed by atoms with Crippen LogP contribution in [0.5, 0.6) is 0 Å². The maximum Gasteiger partial charge on any atom is 0.0555 e. The summed E-state index contributed by atoms with van der Waals surface area (Å²) in [6.07, 6.45) is 5.94. The third-order valence-electron chi connectivity index (χ3n) is 3.12. The van der Waals surface area contributed by atoms with Crippen LogP contribution >= 0.6 is 0 Å². The Bertz CT molecular complexity index is 138. The van der Waals surface area contributed by atoms with Gasteiger partial charge in [0.1, 0.15) is 0 Å². The molecular formula is C9H17NO. The Labute approximate surface area is 68.0 Å². The lowest BCUT2D eigenvalue weighted by Gasteiger charge is -2.38. The van der Waals surface area contributed by atoms with E-state index in [2.05, 4.69) is 5.32 Å². The Hall–Kier alpha value is -0.0800. The highest BCUT2D eigenvalue weighted by Crippen LogP contribution is 2.30. The fourth-order valence-electron chi connectivity index (χ4n) is 2.46. The average Bonchev–Trinajstić information content (AvgIpc) is 2.04. The van der Waals surface area contributed by atoms with Crippen LogP contribution in [0.25, 0.3) is 0 Å². The topological polar surface area (TPSA) is 32.3 Å². The normalized spacial score (nSPS) is 45.0. The lowest BCUT2D eigenvalue weighted by atomic mass is 9.78. The summed E-state index contributed by atoms with van der Waals surface area (Å²) in [6, 6.07) is 0.632. The number of rotatable bonds is 0. The second-order valence-electron chi connectivity index (χ2n) is 3.93. The Morgan fingerprint density at radius 3 is 3.00 bits per heavy atom. The zero-order chi connectivity index (χ0) is 7.68. The molecule has 0 aromatic heterocycles. The molecule has 2 N–H and O–H groups in total. The molecule has 2 aliphatic rings. The molecule has 3 atom stereocenters. The van der Waals surface area contributed by atoms with Crippen molar-refractivity contribution in [2.45, 2.75) is 44.2 Å². The fraction of sp³-hybridized carbons (Fsp3) is 1.00. The zero-order valence-corrected chi connectivity index (χ0v) is 6.92. The molecule has 0 aromatic carbocycles. The van der Waals surface area contributed by atoms with Gasteiger partial charge >= 0.3 is 0 Å². The average molecular weight is 155 g/mol. The Balaban J connectivity index is 1.93. The van der Waals surface area contributed by atoms with Crippen molar-refractivity contribution in [1.29, 1.82) is 0 Å². The molecule has 0 aromatic rings. The van der Waals surface area contributed by atoms with E-state index in [0.29, 0.717) is 6.04 Å². The summed E-state index contributed by atoms with van der Waals surface area (Å²) in [7, 11) is 0. The van der Waals surface area contributed by atoms with Gasteiger partial charge in [-0.15, -0.1) is 0 Å². The molecule has 1 aliphatic carbocycles. The predicted molar refractivity (Wildman–Crippen MR) is 44.4 cm³/mol. The van der Waals surface area contributed by atoms with Crippen LogP contribution in [-0.4, -0.2) is 23.8 Å². The second kappa shape index (κ2) is 3.11. The van der Waals surface area contributed by atoms with E-state index >= 15 is 0 Å². The molecular weight excluding hydrogens is 138 g/mol. The van der Waals surface area contributed by atoms with E-state index in [0.717, 1.165) is 25.3 Å². The van der Waals surface area contributed by atoms with Gasteiger partial charge in [-0.3, -0.25) is 0 Å². The predicted octanol–water partition coefficient (Wildman–Crippen LogP) is 0.899. The minimum atomic E-state index is -0.0261. The lowest BCUT2D eigenvalue weighted by Crippen LogP contribution is -2.46. The minimum absolute atomic E-state index is 0.0261. The van der Waals surface area contributed by atoms with Gasteiger partial charge in [0.2, 0.25) is 0 Å². The van der Waals surface area contributed by atoms with Crippen molar-refractivity contribution >= 4 is 0 Å². The van der Waals surface area contributed by atoms with Crippen LogP contribution < -0.4 is 5.32 Å². The first-order valence-electron chi connectivity index (χ1n) is 4.78. The van der Waals surface area contributed by atoms with Crippen molar-refractivity contribution in [3.63, 3.8) is 0 Å². The smallest absolute Gasteiger partial charge is 0.0555 e. The largest absolute Gasteiger partial charge is 0.393 e. The molecule has 1 heterocycles. The molecule has 1 aliphatic heterocycles. The van der Waals surface area contributed by atoms with Crippen LogP contribution in [0, 0.1) is 5.92 Å². The van der Waals surface area contributed by atoms with Crippen LogP contribution in [0.2, 0.25) is 0 Å². The van der Waals surface area contributed by atoms with Gasteiger partial charge in [0.05, 0.1) is 6.10 Å². The molecule has 64 valence electrons. The maximum atomic E-state index is 9.41. The van der Waals surface area contributed by atoms with Gasteiger partial charge < -0.3 is 10.4 Å². The van der Waals surface area contributed by atoms with Gasteiger partial charge in [0.25, 0.3) is 0 Å². The van der Waals surface area contributed by atoms with E-state index in [9.17, 15) is 5.11 Å². The summed E-state index contributed by atoms with van der Waals surface area (Å²) in [4.78, 5) is 0. The summed E-state index contributed by atoms with van der Waals surface area (Å²) < 4.78 is 0. The van der Waals surface area contributed by atoms with Gasteiger partial charge in [-0.25, -0.2) is 0 Å². The fourth-order valence-corrected chi connectivity index (χ4v) is 2.46. The van der Waals surface area contributed by atoms with Crippen LogP contribution in [0.4, 0.5) is 0 Å². The number of hydrogen-bond donors (Lipinski definition) is 2. The van der Waals surface area contributed by atoms with E-state index in [-0.39, 0.29) is 6.10 Å². The molecule has 0 radical (unpaired) electrons. The van der Waals surface area contributed by atoms with Crippen molar-refractivity contribution in [2.75, 3.05) is 6.54 Å². The number of hydrogen-bond acceptors (Lipinski definition) is 2. The first kappa shape index (κ1) is 7.56. The molecule has 2 heteroatoms. The second-order valence-corrected chi connectivity index (χ2v) is 3.93. The SMILES string of the molecule is O[C@H]1CC[C@@H]2CCCN[C@H]2C1. The third kappa shape index (κ3) is 1.57. The summed E-state index contributed by atoms with van der Waals surface area (Å²) in [5, 5.41) is 12.9. The molecule has 2 nitrogen and oxygen atoms in total. The zero-order valence-electron chi connectivity index (χ0n) is 6.92. The van der Waals surface area contributed by atoms with E-state index in [1.807, 2.05) is 0 Å². The monoisotopic (exact) mass is 155 g/mol. The number of piperidine rings is 1. The highest BCUT2D eigenvalue weighted by atomic mass is 16.3. The molecule has 2 fully saturated rings. The quantitative estimate of drug-likeness (QED) is 0.544. The summed E-state index contributed by atoms with van der Waals surface area (Å²) in [5.74, 6) is 0.868. The highest BCUT2D eigenvalue weighted by Gasteiger charge is 2.30. The van der Waals surface area contributed by atoms with Crippen LogP contribution in [0.15, 0.2) is 0 Å². The van der Waals surface area contributed by atoms with Crippen LogP contribution in [-0.2, 0) is 0 Å². The summed E-state index contributed by atoms with van der Waals surface area (Å²) >= 11 is 0. The first-order chi connectivity index (χ1) is 5.36. The molecule has 0 amide bonds. The number of fused-ring (bicyclic) bond motifs is 1. The van der Waals surface area contributed by atoms with E-state index in [1.54, 1.807) is 0 Å². The molecule has 1 saturated heterocycles. The molecule has 11 heavy (non-hydrogen) atoms. The van der Waals surface area contributed by atoms with Gasteiger partial charge in [0, 0.05) is 6.04 Å². The first-order valence-corrected chi connectivity index (χ1v) is 4.78. The van der Waals surface area contributed by atoms with E-state index in [4.69, 9.17) is 0 Å². The number of aliphatic hydroxyl groups excluding tert-OH is 1. The van der Waals surface area contributed by atoms with Gasteiger partial charge in [0.15, 0.2) is 0 Å². The van der Waals surface area contributed by atoms with Crippen molar-refractivity contribution in [2.24, 2.45) is 5.92 Å². The molecule has 1 saturated carbocycles. The molecule has 0 bridgehead atoms. The maximum absolute atomic E-state index is 9.41. The van der Waals surface area contributed by atoms with Crippen LogP contribution in [0.3, 0.4) is 0 Å². The van der Waals surface area contributed by atoms with Gasteiger partial charge in [-0.2, -0.15) is 0 Å². The van der Waals surface area contributed by atoms with Crippen molar-refractivity contribution in [1.82, 2.24) is 5.32 Å². The van der Waals surface area contributed by atoms with Crippen molar-refractivity contribution in [3.8, 4) is 0 Å². The van der Waals surface area contributed by atoms with Crippen LogP contribution in [0.1, 0.15) is 32.1 Å². The Kier molecular flexibility index (Phi) is 2.14. The van der Waals surface area contributed by atoms with Crippen molar-refractivity contribution < 1.29 is 5.11 Å². The van der Waals surface area contributed by atoms with Gasteiger partial charge in [-0.05, 0) is 44.6 Å².